The van der Waals surface area contributed by atoms with Crippen molar-refractivity contribution in [2.24, 2.45) is 13.0 Å². The summed E-state index contributed by atoms with van der Waals surface area (Å²) in [6, 6.07) is 7.96. The van der Waals surface area contributed by atoms with Crippen molar-refractivity contribution in [3.8, 4) is 17.2 Å². The zero-order valence-electron chi connectivity index (χ0n) is 15.5. The van der Waals surface area contributed by atoms with E-state index in [1.807, 2.05) is 43.7 Å². The molecule has 0 bridgehead atoms. The molecule has 1 N–H and O–H groups in total. The van der Waals surface area contributed by atoms with Gasteiger partial charge in [0.1, 0.15) is 5.75 Å². The number of rotatable bonds is 6. The molecule has 27 heavy (non-hydrogen) atoms. The molecule has 1 saturated heterocycles. The van der Waals surface area contributed by atoms with Gasteiger partial charge in [-0.05, 0) is 25.0 Å². The van der Waals surface area contributed by atoms with Crippen LogP contribution in [0.3, 0.4) is 0 Å². The lowest BCUT2D eigenvalue weighted by Crippen LogP contribution is -2.28. The van der Waals surface area contributed by atoms with E-state index in [4.69, 9.17) is 13.9 Å². The van der Waals surface area contributed by atoms with Crippen molar-refractivity contribution in [3.05, 3.63) is 42.2 Å². The summed E-state index contributed by atoms with van der Waals surface area (Å²) in [6.45, 7) is 1.46. The normalized spacial score (nSPS) is 19.8. The summed E-state index contributed by atoms with van der Waals surface area (Å²) in [5.74, 6) is 1.44. The molecule has 3 heterocycles. The maximum absolute atomic E-state index is 6.01. The number of hydrogen-bond donors (Lipinski definition) is 1. The van der Waals surface area contributed by atoms with Gasteiger partial charge in [-0.3, -0.25) is 4.68 Å². The topological polar surface area (TPSA) is 87.2 Å². The predicted molar refractivity (Wildman–Crippen MR) is 99.4 cm³/mol. The van der Waals surface area contributed by atoms with Crippen molar-refractivity contribution < 1.29 is 13.9 Å². The smallest absolute Gasteiger partial charge is 0.315 e. The Morgan fingerprint density at radius 2 is 2.19 bits per heavy atom. The molecule has 142 valence electrons. The third-order valence-corrected chi connectivity index (χ3v) is 4.78. The van der Waals surface area contributed by atoms with Gasteiger partial charge >= 0.3 is 6.01 Å². The van der Waals surface area contributed by atoms with Crippen LogP contribution >= 0.6 is 0 Å². The Hall–Kier alpha value is -2.87. The fraction of sp³-hybridized carbons (Fsp3) is 0.421. The standard InChI is InChI=1S/C19H23N5O3/c1-24-12-14(11-21-24)17-13(6-5-9-26-17)10-20-19-23-22-18(27-19)15-7-3-4-8-16(15)25-2/h3-4,7-8,11-13,17H,5-6,9-10H2,1-2H3,(H,20,23)/t13-,17+/m0/s1. The number of methoxy groups -OCH3 is 1. The minimum atomic E-state index is 0.0246. The minimum absolute atomic E-state index is 0.0246. The Kier molecular flexibility index (Phi) is 5.06. The first-order chi connectivity index (χ1) is 13.2. The lowest BCUT2D eigenvalue weighted by atomic mass is 9.91. The van der Waals surface area contributed by atoms with Crippen molar-refractivity contribution in [3.63, 3.8) is 0 Å². The van der Waals surface area contributed by atoms with E-state index in [0.717, 1.165) is 30.6 Å². The van der Waals surface area contributed by atoms with E-state index in [9.17, 15) is 0 Å². The highest BCUT2D eigenvalue weighted by molar-refractivity contribution is 5.62. The van der Waals surface area contributed by atoms with Crippen molar-refractivity contribution in [2.75, 3.05) is 25.6 Å². The molecule has 0 spiro atoms. The van der Waals surface area contributed by atoms with Gasteiger partial charge in [-0.25, -0.2) is 0 Å². The van der Waals surface area contributed by atoms with E-state index in [1.54, 1.807) is 11.8 Å². The number of hydrogen-bond acceptors (Lipinski definition) is 7. The summed E-state index contributed by atoms with van der Waals surface area (Å²) in [6.07, 6.45) is 6.02. The monoisotopic (exact) mass is 369 g/mol. The zero-order valence-corrected chi connectivity index (χ0v) is 15.5. The summed E-state index contributed by atoms with van der Waals surface area (Å²) in [4.78, 5) is 0. The molecule has 0 aliphatic carbocycles. The summed E-state index contributed by atoms with van der Waals surface area (Å²) in [5, 5.41) is 15.8. The maximum Gasteiger partial charge on any atom is 0.315 e. The molecule has 4 rings (SSSR count). The molecule has 1 fully saturated rings. The van der Waals surface area contributed by atoms with Gasteiger partial charge < -0.3 is 19.2 Å². The average Bonchev–Trinajstić information content (AvgIpc) is 3.35. The van der Waals surface area contributed by atoms with Gasteiger partial charge in [0.2, 0.25) is 0 Å². The van der Waals surface area contributed by atoms with Crippen LogP contribution in [0.25, 0.3) is 11.5 Å². The van der Waals surface area contributed by atoms with Crippen molar-refractivity contribution in [1.29, 1.82) is 0 Å². The quantitative estimate of drug-likeness (QED) is 0.714. The highest BCUT2D eigenvalue weighted by atomic mass is 16.5. The molecule has 1 aliphatic rings. The first-order valence-corrected chi connectivity index (χ1v) is 9.05. The number of nitrogens with zero attached hydrogens (tertiary/aromatic N) is 4. The van der Waals surface area contributed by atoms with Crippen LogP contribution in [0.4, 0.5) is 6.01 Å². The molecule has 1 aliphatic heterocycles. The number of anilines is 1. The second kappa shape index (κ2) is 7.79. The van der Waals surface area contributed by atoms with Crippen LogP contribution in [0.5, 0.6) is 5.75 Å². The highest BCUT2D eigenvalue weighted by Crippen LogP contribution is 2.34. The molecular formula is C19H23N5O3. The van der Waals surface area contributed by atoms with Crippen LogP contribution in [0.1, 0.15) is 24.5 Å². The zero-order chi connectivity index (χ0) is 18.6. The van der Waals surface area contributed by atoms with Crippen molar-refractivity contribution >= 4 is 6.01 Å². The Morgan fingerprint density at radius 1 is 1.30 bits per heavy atom. The van der Waals surface area contributed by atoms with Crippen LogP contribution in [-0.2, 0) is 11.8 Å². The van der Waals surface area contributed by atoms with E-state index >= 15 is 0 Å². The molecule has 0 saturated carbocycles. The summed E-state index contributed by atoms with van der Waals surface area (Å²) in [7, 11) is 3.54. The Labute approximate surface area is 157 Å². The second-order valence-electron chi connectivity index (χ2n) is 6.63. The Bertz CT molecular complexity index is 891. The molecule has 2 atom stereocenters. The van der Waals surface area contributed by atoms with Gasteiger partial charge in [0.25, 0.3) is 5.89 Å². The molecular weight excluding hydrogens is 346 g/mol. The largest absolute Gasteiger partial charge is 0.496 e. The van der Waals surface area contributed by atoms with Crippen LogP contribution in [0.2, 0.25) is 0 Å². The summed E-state index contributed by atoms with van der Waals surface area (Å²) >= 11 is 0. The SMILES string of the molecule is COc1ccccc1-c1nnc(NC[C@@H]2CCCO[C@H]2c2cnn(C)c2)o1. The van der Waals surface area contributed by atoms with Gasteiger partial charge in [0.05, 0.1) is 25.0 Å². The molecule has 8 heteroatoms. The minimum Gasteiger partial charge on any atom is -0.496 e. The molecule has 8 nitrogen and oxygen atoms in total. The lowest BCUT2D eigenvalue weighted by Gasteiger charge is -2.31. The van der Waals surface area contributed by atoms with Crippen LogP contribution in [0.15, 0.2) is 41.1 Å². The third kappa shape index (κ3) is 3.80. The van der Waals surface area contributed by atoms with Crippen LogP contribution in [-0.4, -0.2) is 40.2 Å². The number of ether oxygens (including phenoxy) is 2. The van der Waals surface area contributed by atoms with Gasteiger partial charge in [-0.15, -0.1) is 5.10 Å². The second-order valence-corrected chi connectivity index (χ2v) is 6.63. The third-order valence-electron chi connectivity index (χ3n) is 4.78. The number of para-hydroxylation sites is 1. The molecule has 1 aromatic carbocycles. The van der Waals surface area contributed by atoms with Gasteiger partial charge in [0.15, 0.2) is 0 Å². The first kappa shape index (κ1) is 17.5. The van der Waals surface area contributed by atoms with Crippen LogP contribution < -0.4 is 10.1 Å². The van der Waals surface area contributed by atoms with E-state index in [-0.39, 0.29) is 6.10 Å². The average molecular weight is 369 g/mol. The van der Waals surface area contributed by atoms with E-state index in [0.29, 0.717) is 30.1 Å². The Morgan fingerprint density at radius 3 is 3.00 bits per heavy atom. The molecule has 0 unspecified atom stereocenters. The highest BCUT2D eigenvalue weighted by Gasteiger charge is 2.28. The summed E-state index contributed by atoms with van der Waals surface area (Å²) < 4.78 is 18.9. The number of benzene rings is 1. The van der Waals surface area contributed by atoms with Crippen LogP contribution in [0, 0.1) is 5.92 Å². The molecule has 0 amide bonds. The van der Waals surface area contributed by atoms with Crippen molar-refractivity contribution in [2.45, 2.75) is 18.9 Å². The number of aryl methyl sites for hydroxylation is 1. The van der Waals surface area contributed by atoms with Gasteiger partial charge in [0, 0.05) is 37.9 Å². The fourth-order valence-electron chi connectivity index (χ4n) is 3.45. The van der Waals surface area contributed by atoms with E-state index in [1.165, 1.54) is 0 Å². The molecule has 0 radical (unpaired) electrons. The van der Waals surface area contributed by atoms with Gasteiger partial charge in [-0.2, -0.15) is 5.10 Å². The lowest BCUT2D eigenvalue weighted by molar-refractivity contribution is -0.0240. The Balaban J connectivity index is 1.44. The molecule has 3 aromatic rings. The first-order valence-electron chi connectivity index (χ1n) is 9.05. The number of nitrogens with one attached hydrogen (secondary N) is 1. The van der Waals surface area contributed by atoms with Gasteiger partial charge in [-0.1, -0.05) is 17.2 Å². The number of aromatic nitrogens is 4. The fourth-order valence-corrected chi connectivity index (χ4v) is 3.45. The van der Waals surface area contributed by atoms with E-state index in [2.05, 4.69) is 20.6 Å². The van der Waals surface area contributed by atoms with Crippen molar-refractivity contribution in [1.82, 2.24) is 20.0 Å². The molecule has 2 aromatic heterocycles. The summed E-state index contributed by atoms with van der Waals surface area (Å²) in [5.41, 5.74) is 1.87. The maximum atomic E-state index is 6.01. The predicted octanol–water partition coefficient (Wildman–Crippen LogP) is 3.06. The van der Waals surface area contributed by atoms with E-state index < -0.39 is 0 Å².